The van der Waals surface area contributed by atoms with Crippen molar-refractivity contribution in [3.63, 3.8) is 0 Å². The molecule has 0 saturated heterocycles. The summed E-state index contributed by atoms with van der Waals surface area (Å²) in [6.07, 6.45) is 3.03. The van der Waals surface area contributed by atoms with Crippen molar-refractivity contribution in [2.24, 2.45) is 0 Å². The molecule has 0 aromatic rings. The summed E-state index contributed by atoms with van der Waals surface area (Å²) in [5.74, 6) is 0. The van der Waals surface area contributed by atoms with Gasteiger partial charge in [-0.2, -0.15) is 0 Å². The Bertz CT molecular complexity index is 307. The van der Waals surface area contributed by atoms with E-state index in [1.807, 2.05) is 0 Å². The first-order valence-electron chi connectivity index (χ1n) is 3.19. The number of nitrogens with zero attached hydrogens (tertiary/aromatic N) is 2. The predicted molar refractivity (Wildman–Crippen MR) is 48.4 cm³/mol. The highest BCUT2D eigenvalue weighted by molar-refractivity contribution is 9.11. The smallest absolute Gasteiger partial charge is 0.206 e. The summed E-state index contributed by atoms with van der Waals surface area (Å²) in [6, 6.07) is 0. The lowest BCUT2D eigenvalue weighted by Crippen LogP contribution is -2.13. The zero-order chi connectivity index (χ0) is 9.30. The molecule has 0 aliphatic carbocycles. The number of rotatable bonds is 1. The van der Waals surface area contributed by atoms with Crippen molar-refractivity contribution in [1.29, 1.82) is 0 Å². The van der Waals surface area contributed by atoms with Crippen molar-refractivity contribution in [3.8, 4) is 0 Å². The maximum atomic E-state index is 10.4. The number of hydrogen-bond donors (Lipinski definition) is 0. The quantitative estimate of drug-likeness (QED) is 0.226. The Hall–Kier alpha value is -1.10. The van der Waals surface area contributed by atoms with Crippen LogP contribution in [0.4, 0.5) is 0 Å². The van der Waals surface area contributed by atoms with Gasteiger partial charge in [-0.1, -0.05) is 0 Å². The van der Waals surface area contributed by atoms with Crippen LogP contribution in [0.2, 0.25) is 0 Å². The molecule has 4 nitrogen and oxygen atoms in total. The number of halogens is 1. The second-order valence-corrected chi connectivity index (χ2v) is 3.20. The van der Waals surface area contributed by atoms with Crippen LogP contribution in [-0.4, -0.2) is 16.2 Å². The van der Waals surface area contributed by atoms with Gasteiger partial charge in [0.15, 0.2) is 4.95 Å². The highest BCUT2D eigenvalue weighted by Crippen LogP contribution is 2.25. The highest BCUT2D eigenvalue weighted by atomic mass is 79.9. The van der Waals surface area contributed by atoms with Crippen LogP contribution in [0.15, 0.2) is 23.5 Å². The molecule has 1 heterocycles. The average molecular weight is 231 g/mol. The van der Waals surface area contributed by atoms with Crippen LogP contribution in [0.3, 0.4) is 0 Å². The third kappa shape index (κ3) is 1.55. The third-order valence-electron chi connectivity index (χ3n) is 1.48. The van der Waals surface area contributed by atoms with Crippen LogP contribution in [0, 0.1) is 15.1 Å². The lowest BCUT2D eigenvalue weighted by Gasteiger charge is -2.13. The molecule has 0 radical (unpaired) electrons. The normalized spacial score (nSPS) is 17.2. The van der Waals surface area contributed by atoms with Gasteiger partial charge in [0.05, 0.1) is 12.9 Å². The van der Waals surface area contributed by atoms with Gasteiger partial charge >= 0.3 is 0 Å². The minimum absolute atomic E-state index is 0.0989. The number of nitro groups is 1. The molecule has 12 heavy (non-hydrogen) atoms. The van der Waals surface area contributed by atoms with Crippen molar-refractivity contribution >= 4 is 22.6 Å². The molecular formula is C7H7BrN2O2. The summed E-state index contributed by atoms with van der Waals surface area (Å²) in [6.45, 7) is 5.30. The molecule has 0 bridgehead atoms. The molecule has 0 unspecified atom stereocenters. The second-order valence-electron chi connectivity index (χ2n) is 2.39. The first-order chi connectivity index (χ1) is 5.52. The maximum Gasteiger partial charge on any atom is 0.206 e. The SMILES string of the molecule is C=[N+]1C=C(C)C([N+](=O)[O-])=C[C-]1Br. The maximum absolute atomic E-state index is 10.4. The standard InChI is InChI=1S/C7H7BrN2O2/c1-5-4-9(2)7(8)3-6(5)10(11)12/h3-4H,2H2,1H3. The minimum atomic E-state index is -0.417. The number of allylic oxidation sites excluding steroid dienone is 1. The molecule has 1 aliphatic rings. The third-order valence-corrected chi connectivity index (χ3v) is 2.16. The molecule has 0 aromatic carbocycles. The Morgan fingerprint density at radius 3 is 2.92 bits per heavy atom. The van der Waals surface area contributed by atoms with E-state index in [1.54, 1.807) is 13.1 Å². The van der Waals surface area contributed by atoms with Gasteiger partial charge in [-0.15, -0.1) is 0 Å². The molecule has 5 heteroatoms. The molecule has 0 amide bonds. The Morgan fingerprint density at radius 1 is 1.83 bits per heavy atom. The monoisotopic (exact) mass is 230 g/mol. The zero-order valence-electron chi connectivity index (χ0n) is 6.45. The molecule has 0 atom stereocenters. The first-order valence-corrected chi connectivity index (χ1v) is 3.98. The van der Waals surface area contributed by atoms with Crippen molar-refractivity contribution in [2.75, 3.05) is 0 Å². The molecule has 0 saturated carbocycles. The summed E-state index contributed by atoms with van der Waals surface area (Å²) in [5.41, 5.74) is 0.694. The van der Waals surface area contributed by atoms with E-state index in [2.05, 4.69) is 22.6 Å². The van der Waals surface area contributed by atoms with Crippen LogP contribution in [-0.2, 0) is 0 Å². The molecule has 1 rings (SSSR count). The molecule has 64 valence electrons. The van der Waals surface area contributed by atoms with E-state index in [0.717, 1.165) is 0 Å². The van der Waals surface area contributed by atoms with Crippen molar-refractivity contribution in [1.82, 2.24) is 0 Å². The Morgan fingerprint density at radius 2 is 2.42 bits per heavy atom. The summed E-state index contributed by atoms with van der Waals surface area (Å²) in [7, 11) is 0. The lowest BCUT2D eigenvalue weighted by atomic mass is 10.2. The van der Waals surface area contributed by atoms with Gasteiger partial charge < -0.3 is 0 Å². The average Bonchev–Trinajstić information content (AvgIpc) is 1.96. The molecule has 0 N–H and O–H groups in total. The molecule has 0 fully saturated rings. The minimum Gasteiger partial charge on any atom is -0.288 e. The van der Waals surface area contributed by atoms with E-state index in [4.69, 9.17) is 0 Å². The fourth-order valence-corrected chi connectivity index (χ4v) is 1.19. The predicted octanol–water partition coefficient (Wildman–Crippen LogP) is 1.66. The van der Waals surface area contributed by atoms with Crippen molar-refractivity contribution in [3.05, 3.63) is 38.6 Å². The summed E-state index contributed by atoms with van der Waals surface area (Å²) in [5, 5.41) is 10.4. The fourth-order valence-electron chi connectivity index (χ4n) is 0.868. The van der Waals surface area contributed by atoms with Gasteiger partial charge in [-0.25, -0.2) is 0 Å². The lowest BCUT2D eigenvalue weighted by molar-refractivity contribution is -0.438. The van der Waals surface area contributed by atoms with Gasteiger partial charge in [0, 0.05) is 16.6 Å². The highest BCUT2D eigenvalue weighted by Gasteiger charge is 2.19. The summed E-state index contributed by atoms with van der Waals surface area (Å²) >= 11 is 3.14. The van der Waals surface area contributed by atoms with E-state index in [9.17, 15) is 10.1 Å². The van der Waals surface area contributed by atoms with Crippen LogP contribution < -0.4 is 0 Å². The van der Waals surface area contributed by atoms with Gasteiger partial charge in [-0.3, -0.25) is 14.7 Å². The molecule has 0 spiro atoms. The van der Waals surface area contributed by atoms with Gasteiger partial charge in [0.25, 0.3) is 0 Å². The number of hydrogen-bond acceptors (Lipinski definition) is 2. The topological polar surface area (TPSA) is 46.1 Å². The largest absolute Gasteiger partial charge is 0.288 e. The Balaban J connectivity index is 3.04. The summed E-state index contributed by atoms with van der Waals surface area (Å²) in [4.78, 5) is 10.6. The Labute approximate surface area is 78.2 Å². The second kappa shape index (κ2) is 3.10. The molecule has 0 aromatic heterocycles. The molecular weight excluding hydrogens is 224 g/mol. The first kappa shape index (κ1) is 8.99. The van der Waals surface area contributed by atoms with Crippen LogP contribution in [0.5, 0.6) is 0 Å². The van der Waals surface area contributed by atoms with Gasteiger partial charge in [-0.05, 0) is 22.9 Å². The van der Waals surface area contributed by atoms with E-state index in [-0.39, 0.29) is 5.70 Å². The van der Waals surface area contributed by atoms with Gasteiger partial charge in [0.1, 0.15) is 0 Å². The van der Waals surface area contributed by atoms with E-state index < -0.39 is 4.92 Å². The fraction of sp³-hybridized carbons (Fsp3) is 0.143. The van der Waals surface area contributed by atoms with Crippen LogP contribution in [0.25, 0.3) is 0 Å². The van der Waals surface area contributed by atoms with E-state index in [0.29, 0.717) is 10.5 Å². The van der Waals surface area contributed by atoms with Crippen LogP contribution >= 0.6 is 15.9 Å². The van der Waals surface area contributed by atoms with Crippen molar-refractivity contribution < 1.29 is 9.50 Å². The van der Waals surface area contributed by atoms with E-state index >= 15 is 0 Å². The van der Waals surface area contributed by atoms with Gasteiger partial charge in [0.2, 0.25) is 5.70 Å². The van der Waals surface area contributed by atoms with Crippen LogP contribution in [0.1, 0.15) is 6.92 Å². The Kier molecular flexibility index (Phi) is 2.32. The summed E-state index contributed by atoms with van der Waals surface area (Å²) < 4.78 is 1.53. The van der Waals surface area contributed by atoms with Crippen molar-refractivity contribution in [2.45, 2.75) is 6.92 Å². The van der Waals surface area contributed by atoms with E-state index in [1.165, 1.54) is 10.7 Å². The zero-order valence-corrected chi connectivity index (χ0v) is 8.04. The molecule has 1 aliphatic heterocycles.